The number of primary sulfonamides is 1. The third-order valence-corrected chi connectivity index (χ3v) is 3.84. The number of nitrogens with zero attached hydrogens (tertiary/aromatic N) is 1. The summed E-state index contributed by atoms with van der Waals surface area (Å²) in [5.41, 5.74) is 0. The molecule has 18 heavy (non-hydrogen) atoms. The van der Waals surface area contributed by atoms with Crippen molar-refractivity contribution in [3.8, 4) is 0 Å². The minimum atomic E-state index is -3.53. The molecule has 0 bridgehead atoms. The molecule has 0 aromatic carbocycles. The minimum Gasteiger partial charge on any atom is -0.464 e. The van der Waals surface area contributed by atoms with Gasteiger partial charge < -0.3 is 9.32 Å². The highest BCUT2D eigenvalue weighted by atomic mass is 32.2. The highest BCUT2D eigenvalue weighted by Gasteiger charge is 2.32. The first kappa shape index (κ1) is 13.1. The van der Waals surface area contributed by atoms with Gasteiger partial charge in [0.2, 0.25) is 15.9 Å². The van der Waals surface area contributed by atoms with E-state index in [4.69, 9.17) is 9.56 Å². The van der Waals surface area contributed by atoms with Gasteiger partial charge >= 0.3 is 0 Å². The van der Waals surface area contributed by atoms with E-state index in [0.29, 0.717) is 18.8 Å². The maximum absolute atomic E-state index is 11.7. The van der Waals surface area contributed by atoms with Gasteiger partial charge in [0.15, 0.2) is 0 Å². The average Bonchev–Trinajstić information content (AvgIpc) is 2.73. The second-order valence-corrected chi connectivity index (χ2v) is 6.35. The summed E-state index contributed by atoms with van der Waals surface area (Å²) in [7, 11) is -3.53. The molecular weight excluding hydrogens is 256 g/mol. The van der Waals surface area contributed by atoms with Gasteiger partial charge in [-0.25, -0.2) is 13.6 Å². The van der Waals surface area contributed by atoms with Gasteiger partial charge in [-0.05, 0) is 19.1 Å². The highest BCUT2D eigenvalue weighted by molar-refractivity contribution is 7.89. The average molecular weight is 272 g/mol. The van der Waals surface area contributed by atoms with Crippen LogP contribution in [0, 0.1) is 12.8 Å². The number of likely N-dealkylation sites (tertiary alicyclic amines) is 1. The molecule has 6 nitrogen and oxygen atoms in total. The number of hydrogen-bond acceptors (Lipinski definition) is 4. The lowest BCUT2D eigenvalue weighted by Gasteiger charge is -2.14. The van der Waals surface area contributed by atoms with Crippen LogP contribution >= 0.6 is 0 Å². The molecule has 0 radical (unpaired) electrons. The molecule has 2 rings (SSSR count). The molecule has 0 spiro atoms. The van der Waals surface area contributed by atoms with Crippen LogP contribution in [0.25, 0.3) is 0 Å². The Bertz CT molecular complexity index is 549. The molecule has 1 atom stereocenters. The van der Waals surface area contributed by atoms with E-state index in [0.717, 1.165) is 5.76 Å². The zero-order valence-corrected chi connectivity index (χ0v) is 10.9. The Balaban J connectivity index is 1.97. The zero-order chi connectivity index (χ0) is 13.3. The molecular formula is C11H16N2O4S. The van der Waals surface area contributed by atoms with Crippen molar-refractivity contribution in [1.29, 1.82) is 0 Å². The Morgan fingerprint density at radius 1 is 1.50 bits per heavy atom. The molecule has 2 heterocycles. The number of furan rings is 1. The van der Waals surface area contributed by atoms with Crippen LogP contribution in [0.1, 0.15) is 17.9 Å². The quantitative estimate of drug-likeness (QED) is 0.848. The van der Waals surface area contributed by atoms with Crippen LogP contribution in [-0.4, -0.2) is 31.5 Å². The number of sulfonamides is 1. The van der Waals surface area contributed by atoms with Crippen LogP contribution in [0.2, 0.25) is 0 Å². The standard InChI is InChI=1S/C11H16N2O4S/c1-8-2-3-10(17-8)6-13-5-9(4-11(13)14)7-18(12,15)16/h2-3,9H,4-7H2,1H3,(H2,12,15,16). The van der Waals surface area contributed by atoms with Crippen LogP contribution in [0.4, 0.5) is 0 Å². The second-order valence-electron chi connectivity index (χ2n) is 4.69. The number of carbonyl (C=O) groups is 1. The summed E-state index contributed by atoms with van der Waals surface area (Å²) in [6, 6.07) is 3.65. The number of amides is 1. The Kier molecular flexibility index (Phi) is 3.45. The van der Waals surface area contributed by atoms with Crippen LogP contribution in [0.5, 0.6) is 0 Å². The molecule has 1 saturated heterocycles. The summed E-state index contributed by atoms with van der Waals surface area (Å²) in [5.74, 6) is 1.07. The Morgan fingerprint density at radius 2 is 2.22 bits per heavy atom. The molecule has 1 unspecified atom stereocenters. The summed E-state index contributed by atoms with van der Waals surface area (Å²) in [5, 5.41) is 4.99. The first-order valence-electron chi connectivity index (χ1n) is 5.67. The highest BCUT2D eigenvalue weighted by Crippen LogP contribution is 2.21. The maximum atomic E-state index is 11.7. The van der Waals surface area contributed by atoms with Gasteiger partial charge in [-0.3, -0.25) is 4.79 Å². The first-order valence-corrected chi connectivity index (χ1v) is 7.38. The third kappa shape index (κ3) is 3.33. The second kappa shape index (κ2) is 4.74. The summed E-state index contributed by atoms with van der Waals surface area (Å²) in [6.45, 7) is 2.63. The monoisotopic (exact) mass is 272 g/mol. The van der Waals surface area contributed by atoms with Gasteiger partial charge in [0.05, 0.1) is 12.3 Å². The molecule has 0 saturated carbocycles. The van der Waals surface area contributed by atoms with Crippen LogP contribution in [-0.2, 0) is 21.4 Å². The van der Waals surface area contributed by atoms with Gasteiger partial charge in [0.1, 0.15) is 11.5 Å². The largest absolute Gasteiger partial charge is 0.464 e. The summed E-state index contributed by atoms with van der Waals surface area (Å²) in [6.07, 6.45) is 0.232. The van der Waals surface area contributed by atoms with Crippen molar-refractivity contribution >= 4 is 15.9 Å². The molecule has 1 aliphatic heterocycles. The van der Waals surface area contributed by atoms with Gasteiger partial charge in [0.25, 0.3) is 0 Å². The SMILES string of the molecule is Cc1ccc(CN2CC(CS(N)(=O)=O)CC2=O)o1. The lowest BCUT2D eigenvalue weighted by molar-refractivity contribution is -0.128. The van der Waals surface area contributed by atoms with Crippen molar-refractivity contribution in [3.05, 3.63) is 23.7 Å². The van der Waals surface area contributed by atoms with Crippen LogP contribution in [0.3, 0.4) is 0 Å². The number of carbonyl (C=O) groups excluding carboxylic acids is 1. The zero-order valence-electron chi connectivity index (χ0n) is 10.1. The Labute approximate surface area is 106 Å². The van der Waals surface area contributed by atoms with E-state index in [9.17, 15) is 13.2 Å². The topological polar surface area (TPSA) is 93.6 Å². The van der Waals surface area contributed by atoms with Crippen LogP contribution in [0.15, 0.2) is 16.5 Å². The van der Waals surface area contributed by atoms with E-state index < -0.39 is 10.0 Å². The molecule has 100 valence electrons. The smallest absolute Gasteiger partial charge is 0.223 e. The molecule has 1 fully saturated rings. The molecule has 1 aliphatic rings. The van der Waals surface area contributed by atoms with Crippen LogP contribution < -0.4 is 5.14 Å². The molecule has 2 N–H and O–H groups in total. The van der Waals surface area contributed by atoms with E-state index in [2.05, 4.69) is 0 Å². The molecule has 1 amide bonds. The fourth-order valence-corrected chi connectivity index (χ4v) is 3.09. The first-order chi connectivity index (χ1) is 8.33. The number of nitrogens with two attached hydrogens (primary N) is 1. The van der Waals surface area contributed by atoms with Gasteiger partial charge in [-0.1, -0.05) is 0 Å². The molecule has 0 aliphatic carbocycles. The fourth-order valence-electron chi connectivity index (χ4n) is 2.21. The lowest BCUT2D eigenvalue weighted by Crippen LogP contribution is -2.27. The van der Waals surface area contributed by atoms with Crippen molar-refractivity contribution < 1.29 is 17.6 Å². The summed E-state index contributed by atoms with van der Waals surface area (Å²) in [4.78, 5) is 13.3. The lowest BCUT2D eigenvalue weighted by atomic mass is 10.1. The van der Waals surface area contributed by atoms with Gasteiger partial charge in [0, 0.05) is 18.9 Å². The molecule has 1 aromatic rings. The summed E-state index contributed by atoms with van der Waals surface area (Å²) < 4.78 is 27.4. The third-order valence-electron chi connectivity index (χ3n) is 2.91. The Hall–Kier alpha value is -1.34. The van der Waals surface area contributed by atoms with Crippen molar-refractivity contribution in [2.75, 3.05) is 12.3 Å². The predicted molar refractivity (Wildman–Crippen MR) is 64.9 cm³/mol. The van der Waals surface area contributed by atoms with E-state index >= 15 is 0 Å². The molecule has 7 heteroatoms. The normalized spacial score (nSPS) is 20.7. The van der Waals surface area contributed by atoms with Crippen molar-refractivity contribution in [2.24, 2.45) is 11.1 Å². The summed E-state index contributed by atoms with van der Waals surface area (Å²) >= 11 is 0. The van der Waals surface area contributed by atoms with Crippen molar-refractivity contribution in [3.63, 3.8) is 0 Å². The number of rotatable bonds is 4. The van der Waals surface area contributed by atoms with Crippen molar-refractivity contribution in [1.82, 2.24) is 4.90 Å². The van der Waals surface area contributed by atoms with Crippen molar-refractivity contribution in [2.45, 2.75) is 19.9 Å². The minimum absolute atomic E-state index is 0.0577. The van der Waals surface area contributed by atoms with E-state index in [-0.39, 0.29) is 24.0 Å². The van der Waals surface area contributed by atoms with E-state index in [1.165, 1.54) is 0 Å². The number of aryl methyl sites for hydroxylation is 1. The fraction of sp³-hybridized carbons (Fsp3) is 0.545. The van der Waals surface area contributed by atoms with Gasteiger partial charge in [-0.15, -0.1) is 0 Å². The maximum Gasteiger partial charge on any atom is 0.223 e. The van der Waals surface area contributed by atoms with E-state index in [1.54, 1.807) is 4.90 Å². The predicted octanol–water partition coefficient (Wildman–Crippen LogP) is 0.225. The van der Waals surface area contributed by atoms with Gasteiger partial charge in [-0.2, -0.15) is 0 Å². The molecule has 1 aromatic heterocycles. The van der Waals surface area contributed by atoms with E-state index in [1.807, 2.05) is 19.1 Å². The number of hydrogen-bond donors (Lipinski definition) is 1. The Morgan fingerprint density at radius 3 is 2.78 bits per heavy atom.